The molecule has 0 aliphatic heterocycles. The molecule has 0 unspecified atom stereocenters. The second-order valence-electron chi connectivity index (χ2n) is 15.6. The van der Waals surface area contributed by atoms with Crippen molar-refractivity contribution in [1.82, 2.24) is 9.97 Å². The smallest absolute Gasteiger partial charge is 0.394 e. The molecule has 1 N–H and O–H groups in total. The number of benzene rings is 4. The van der Waals surface area contributed by atoms with Gasteiger partial charge in [-0.2, -0.15) is 13.2 Å². The van der Waals surface area contributed by atoms with E-state index < -0.39 is 18.0 Å². The van der Waals surface area contributed by atoms with Crippen LogP contribution < -0.4 is 0 Å². The Morgan fingerprint density at radius 2 is 1.29 bits per heavy atom. The van der Waals surface area contributed by atoms with Gasteiger partial charge in [0.05, 0.1) is 16.9 Å². The molecule has 4 nitrogen and oxygen atoms in total. The van der Waals surface area contributed by atoms with Crippen molar-refractivity contribution in [1.29, 1.82) is 0 Å². The number of carbonyl (C=O) groups is 1. The van der Waals surface area contributed by atoms with E-state index in [4.69, 9.17) is 2.74 Å². The molecule has 5 aromatic rings. The van der Waals surface area contributed by atoms with Gasteiger partial charge in [0.15, 0.2) is 5.78 Å². The summed E-state index contributed by atoms with van der Waals surface area (Å²) in [7, 11) is 0. The molecule has 0 fully saturated rings. The molecule has 1 radical (unpaired) electrons. The Hall–Kier alpha value is -4.13. The molecule has 0 saturated carbocycles. The maximum absolute atomic E-state index is 13.5. The van der Waals surface area contributed by atoms with Crippen molar-refractivity contribution in [2.45, 2.75) is 106 Å². The second kappa shape index (κ2) is 19.8. The maximum Gasteiger partial charge on any atom is 0.394 e. The van der Waals surface area contributed by atoms with E-state index >= 15 is 0 Å². The first-order valence-corrected chi connectivity index (χ1v) is 19.2. The number of hydrogen-bond acceptors (Lipinski definition) is 4. The molecule has 1 heterocycles. The van der Waals surface area contributed by atoms with Gasteiger partial charge in [-0.05, 0) is 65.8 Å². The van der Waals surface area contributed by atoms with Gasteiger partial charge in [-0.15, -0.1) is 29.1 Å². The fourth-order valence-corrected chi connectivity index (χ4v) is 6.44. The molecule has 0 spiro atoms. The fourth-order valence-electron chi connectivity index (χ4n) is 6.44. The monoisotopic (exact) mass is 944 g/mol. The minimum atomic E-state index is -4.69. The topological polar surface area (TPSA) is 63.1 Å². The number of nitrogens with zero attached hydrogens (tertiary/aromatic N) is 2. The van der Waals surface area contributed by atoms with Gasteiger partial charge in [0.25, 0.3) is 0 Å². The number of allylic oxidation sites excluding steroid dienone is 2. The van der Waals surface area contributed by atoms with Crippen LogP contribution in [0.1, 0.15) is 102 Å². The Kier molecular flexibility index (Phi) is 15.2. The quantitative estimate of drug-likeness (QED) is 0.0769. The number of halogens is 3. The van der Waals surface area contributed by atoms with Crippen molar-refractivity contribution < 1.29 is 45.9 Å². The SMILES string of the molecule is CCC(CC)C(=O)/C=C(\O)C(CC)CC.[2H]C([2H])(c1ccc(-c2ccc(-c3cc(-c4[c-]c5ccccc5c(C(C)(C)C)c4)ncn3)cc2)cc1)C(C)(C)C(F)(F)F.[Ir]. The van der Waals surface area contributed by atoms with Crippen LogP contribution in [0, 0.1) is 23.3 Å². The van der Waals surface area contributed by atoms with E-state index in [-0.39, 0.29) is 54.5 Å². The van der Waals surface area contributed by atoms with Crippen LogP contribution in [0.25, 0.3) is 44.4 Å². The molecule has 0 aliphatic rings. The third-order valence-electron chi connectivity index (χ3n) is 10.2. The Labute approximate surface area is 348 Å². The maximum atomic E-state index is 13.5. The van der Waals surface area contributed by atoms with Gasteiger partial charge >= 0.3 is 6.18 Å². The first-order chi connectivity index (χ1) is 26.7. The average molecular weight is 944 g/mol. The number of carbonyl (C=O) groups excluding carboxylic acids is 1. The third kappa shape index (κ3) is 11.7. The van der Waals surface area contributed by atoms with Crippen molar-refractivity contribution >= 4 is 16.6 Å². The second-order valence-corrected chi connectivity index (χ2v) is 15.6. The van der Waals surface area contributed by atoms with E-state index in [1.54, 1.807) is 18.5 Å². The summed E-state index contributed by atoms with van der Waals surface area (Å²) in [4.78, 5) is 20.8. The zero-order chi connectivity index (χ0) is 42.3. The molecule has 56 heavy (non-hydrogen) atoms. The van der Waals surface area contributed by atoms with Crippen molar-refractivity contribution in [3.05, 3.63) is 120 Å². The first-order valence-electron chi connectivity index (χ1n) is 20.2. The van der Waals surface area contributed by atoms with E-state index in [2.05, 4.69) is 55.0 Å². The number of aliphatic hydroxyl groups excluding tert-OH is 1. The fraction of sp³-hybridized carbons (Fsp3) is 0.396. The standard InChI is InChI=1S/C35H32F3N2.C13H24O2.Ir/c1-33(2,3)30-19-28(18-27-8-6-7-9-29(27)30)32-20-31(39-22-40-32)26-16-14-25(15-17-26)24-12-10-23(11-13-24)21-34(4,5)35(36,37)38;1-5-10(6-2)12(14)9-13(15)11(7-3)8-4;/h6-17,19-20,22H,21H2,1-5H3;9-11,14H,5-8H2,1-4H3;/q-1;;/b;12-9-;/i21D2;;. The van der Waals surface area contributed by atoms with Crippen LogP contribution in [0.4, 0.5) is 13.2 Å². The van der Waals surface area contributed by atoms with E-state index in [0.717, 1.165) is 78.6 Å². The summed E-state index contributed by atoms with van der Waals surface area (Å²) in [6.07, 6.45) is -0.821. The number of ketones is 1. The van der Waals surface area contributed by atoms with E-state index in [0.29, 0.717) is 0 Å². The number of rotatable bonds is 12. The summed E-state index contributed by atoms with van der Waals surface area (Å²) < 4.78 is 57.0. The Balaban J connectivity index is 0.000000480. The molecule has 4 aromatic carbocycles. The predicted octanol–water partition coefficient (Wildman–Crippen LogP) is 13.7. The summed E-state index contributed by atoms with van der Waals surface area (Å²) in [5.74, 6) is 0.547. The van der Waals surface area contributed by atoms with Crippen LogP contribution >= 0.6 is 0 Å². The van der Waals surface area contributed by atoms with Crippen molar-refractivity contribution in [3.8, 4) is 33.6 Å². The summed E-state index contributed by atoms with van der Waals surface area (Å²) >= 11 is 0. The summed E-state index contributed by atoms with van der Waals surface area (Å²) in [6.45, 7) is 16.4. The summed E-state index contributed by atoms with van der Waals surface area (Å²) in [5, 5.41) is 12.0. The van der Waals surface area contributed by atoms with Crippen molar-refractivity contribution in [3.63, 3.8) is 0 Å². The van der Waals surface area contributed by atoms with Crippen molar-refractivity contribution in [2.24, 2.45) is 17.3 Å². The molecule has 0 bridgehead atoms. The molecule has 1 aromatic heterocycles. The van der Waals surface area contributed by atoms with Crippen LogP contribution in [0.3, 0.4) is 0 Å². The summed E-state index contributed by atoms with van der Waals surface area (Å²) in [6, 6.07) is 29.7. The Bertz CT molecular complexity index is 2150. The third-order valence-corrected chi connectivity index (χ3v) is 10.2. The van der Waals surface area contributed by atoms with Crippen LogP contribution in [0.5, 0.6) is 0 Å². The molecular weight excluding hydrogens is 886 g/mol. The van der Waals surface area contributed by atoms with Crippen molar-refractivity contribution in [2.75, 3.05) is 0 Å². The van der Waals surface area contributed by atoms with Gasteiger partial charge < -0.3 is 5.11 Å². The number of aromatic nitrogens is 2. The first kappa shape index (κ1) is 43.0. The number of hydrogen-bond donors (Lipinski definition) is 1. The van der Waals surface area contributed by atoms with E-state index in [1.807, 2.05) is 70.2 Å². The molecule has 0 aliphatic carbocycles. The average Bonchev–Trinajstić information content (AvgIpc) is 3.18. The minimum Gasteiger partial charge on any atom is -0.512 e. The van der Waals surface area contributed by atoms with Crippen LogP contribution in [-0.2, 0) is 36.7 Å². The molecule has 0 amide bonds. The number of fused-ring (bicyclic) bond motifs is 1. The minimum absolute atomic E-state index is 0. The Morgan fingerprint density at radius 1 is 0.768 bits per heavy atom. The van der Waals surface area contributed by atoms with Gasteiger partial charge in [-0.3, -0.25) is 9.78 Å². The zero-order valence-corrected chi connectivity index (χ0v) is 36.3. The van der Waals surface area contributed by atoms with Crippen LogP contribution in [-0.4, -0.2) is 27.0 Å². The summed E-state index contributed by atoms with van der Waals surface area (Å²) in [5.41, 5.74) is 3.53. The molecule has 301 valence electrons. The predicted molar refractivity (Wildman–Crippen MR) is 221 cm³/mol. The van der Waals surface area contributed by atoms with E-state index in [1.165, 1.54) is 29.2 Å². The van der Waals surface area contributed by atoms with Crippen LogP contribution in [0.2, 0.25) is 0 Å². The van der Waals surface area contributed by atoms with Gasteiger partial charge in [-0.1, -0.05) is 140 Å². The van der Waals surface area contributed by atoms with Gasteiger partial charge in [0.2, 0.25) is 0 Å². The normalized spacial score (nSPS) is 13.1. The zero-order valence-electron chi connectivity index (χ0n) is 35.9. The number of alkyl halides is 3. The van der Waals surface area contributed by atoms with Gasteiger partial charge in [0.1, 0.15) is 6.33 Å². The van der Waals surface area contributed by atoms with Gasteiger partial charge in [0, 0.05) is 46.5 Å². The Morgan fingerprint density at radius 3 is 1.82 bits per heavy atom. The van der Waals surface area contributed by atoms with Gasteiger partial charge in [-0.25, -0.2) is 4.98 Å². The molecular formula is C48H56F3IrN2O2-. The molecule has 5 rings (SSSR count). The van der Waals surface area contributed by atoms with Crippen LogP contribution in [0.15, 0.2) is 103 Å². The number of aliphatic hydroxyl groups is 1. The van der Waals surface area contributed by atoms with E-state index in [9.17, 15) is 23.1 Å². The molecule has 0 atom stereocenters. The molecule has 8 heteroatoms. The molecule has 0 saturated heterocycles. The largest absolute Gasteiger partial charge is 0.512 e.